The number of nitrogens with two attached hydrogens (primary N) is 1. The molecule has 0 aliphatic rings. The molecule has 0 aliphatic heterocycles. The molecule has 0 bridgehead atoms. The Morgan fingerprint density at radius 1 is 1.47 bits per heavy atom. The third-order valence-electron chi connectivity index (χ3n) is 2.52. The van der Waals surface area contributed by atoms with E-state index >= 15 is 0 Å². The Morgan fingerprint density at radius 2 is 2.18 bits per heavy atom. The summed E-state index contributed by atoms with van der Waals surface area (Å²) >= 11 is 1.64. The molecule has 1 aromatic carbocycles. The van der Waals surface area contributed by atoms with E-state index in [0.717, 1.165) is 10.9 Å². The summed E-state index contributed by atoms with van der Waals surface area (Å²) in [5.41, 5.74) is 7.01. The van der Waals surface area contributed by atoms with Gasteiger partial charge in [0.25, 0.3) is 0 Å². The molecule has 1 aromatic heterocycles. The topological polar surface area (TPSA) is 52.3 Å². The Hall–Kier alpha value is -1.10. The normalized spacial score (nSPS) is 11.9. The molecule has 92 valence electrons. The maximum absolute atomic E-state index is 11.2. The van der Waals surface area contributed by atoms with Crippen molar-refractivity contribution in [3.63, 3.8) is 0 Å². The summed E-state index contributed by atoms with van der Waals surface area (Å²) in [6.45, 7) is 0. The fourth-order valence-electron chi connectivity index (χ4n) is 1.66. The molecule has 17 heavy (non-hydrogen) atoms. The summed E-state index contributed by atoms with van der Waals surface area (Å²) in [5.74, 6) is -0.275. The van der Waals surface area contributed by atoms with E-state index in [1.54, 1.807) is 11.3 Å². The third-order valence-corrected chi connectivity index (χ3v) is 3.51. The maximum Gasteiger partial charge on any atom is 0.307 e. The molecule has 0 aliphatic carbocycles. The molecule has 2 N–H and O–H groups in total. The van der Waals surface area contributed by atoms with E-state index in [2.05, 4.69) is 4.74 Å². The van der Waals surface area contributed by atoms with Gasteiger partial charge in [-0.2, -0.15) is 0 Å². The van der Waals surface area contributed by atoms with Crippen LogP contribution in [0.4, 0.5) is 0 Å². The predicted molar refractivity (Wildman–Crippen MR) is 72.6 cm³/mol. The van der Waals surface area contributed by atoms with Crippen molar-refractivity contribution in [1.29, 1.82) is 0 Å². The van der Waals surface area contributed by atoms with Crippen molar-refractivity contribution in [2.24, 2.45) is 5.73 Å². The minimum absolute atomic E-state index is 0. The molecule has 0 spiro atoms. The van der Waals surface area contributed by atoms with Crippen LogP contribution in [0.1, 0.15) is 18.0 Å². The van der Waals surface area contributed by atoms with Crippen molar-refractivity contribution in [2.45, 2.75) is 12.5 Å². The van der Waals surface area contributed by atoms with E-state index in [-0.39, 0.29) is 30.8 Å². The first-order chi connectivity index (χ1) is 7.72. The minimum Gasteiger partial charge on any atom is -0.469 e. The molecule has 1 atom stereocenters. The number of benzene rings is 1. The number of carbonyl (C=O) groups excluding carboxylic acids is 1. The van der Waals surface area contributed by atoms with E-state index in [4.69, 9.17) is 5.73 Å². The van der Waals surface area contributed by atoms with Crippen LogP contribution in [-0.2, 0) is 9.53 Å². The number of thiophene rings is 1. The quantitative estimate of drug-likeness (QED) is 0.874. The molecule has 0 saturated heterocycles. The van der Waals surface area contributed by atoms with Crippen LogP contribution in [0.3, 0.4) is 0 Å². The highest BCUT2D eigenvalue weighted by atomic mass is 35.5. The second-order valence-electron chi connectivity index (χ2n) is 3.57. The summed E-state index contributed by atoms with van der Waals surface area (Å²) in [5, 5.41) is 3.14. The molecule has 5 heteroatoms. The van der Waals surface area contributed by atoms with E-state index in [1.165, 1.54) is 11.8 Å². The van der Waals surface area contributed by atoms with E-state index in [0.29, 0.717) is 0 Å². The van der Waals surface area contributed by atoms with Crippen LogP contribution in [0.25, 0.3) is 10.1 Å². The largest absolute Gasteiger partial charge is 0.469 e. The van der Waals surface area contributed by atoms with Gasteiger partial charge in [-0.3, -0.25) is 4.79 Å². The molecular weight excluding hydrogens is 258 g/mol. The van der Waals surface area contributed by atoms with E-state index < -0.39 is 0 Å². The number of hydrogen-bond donors (Lipinski definition) is 1. The lowest BCUT2D eigenvalue weighted by Gasteiger charge is -2.08. The second kappa shape index (κ2) is 6.00. The average Bonchev–Trinajstić information content (AvgIpc) is 2.72. The second-order valence-corrected chi connectivity index (χ2v) is 4.49. The maximum atomic E-state index is 11.2. The first-order valence-corrected chi connectivity index (χ1v) is 5.89. The lowest BCUT2D eigenvalue weighted by Crippen LogP contribution is -2.15. The summed E-state index contributed by atoms with van der Waals surface area (Å²) < 4.78 is 5.81. The van der Waals surface area contributed by atoms with Gasteiger partial charge in [0, 0.05) is 10.7 Å². The molecule has 2 rings (SSSR count). The monoisotopic (exact) mass is 271 g/mol. The van der Waals surface area contributed by atoms with Crippen LogP contribution in [-0.4, -0.2) is 13.1 Å². The van der Waals surface area contributed by atoms with Crippen LogP contribution in [0.15, 0.2) is 29.6 Å². The van der Waals surface area contributed by atoms with Gasteiger partial charge in [0.05, 0.1) is 13.5 Å². The van der Waals surface area contributed by atoms with Gasteiger partial charge in [0.2, 0.25) is 0 Å². The molecule has 0 saturated carbocycles. The van der Waals surface area contributed by atoms with E-state index in [9.17, 15) is 4.79 Å². The summed E-state index contributed by atoms with van der Waals surface area (Å²) in [6, 6.07) is 7.76. The summed E-state index contributed by atoms with van der Waals surface area (Å²) in [4.78, 5) is 11.2. The molecule has 0 fully saturated rings. The summed E-state index contributed by atoms with van der Waals surface area (Å²) in [7, 11) is 1.38. The standard InChI is InChI=1S/C12H13NO2S.ClH/c1-15-12(14)6-10(13)9-7-16-11-5-3-2-4-8(9)11;/h2-5,7,10H,6,13H2,1H3;1H/t10-;/m1./s1. The lowest BCUT2D eigenvalue weighted by molar-refractivity contribution is -0.141. The van der Waals surface area contributed by atoms with Crippen molar-refractivity contribution in [1.82, 2.24) is 0 Å². The molecule has 0 radical (unpaired) electrons. The predicted octanol–water partition coefficient (Wildman–Crippen LogP) is 2.89. The van der Waals surface area contributed by atoms with Crippen molar-refractivity contribution in [3.05, 3.63) is 35.2 Å². The zero-order valence-electron chi connectivity index (χ0n) is 9.38. The van der Waals surface area contributed by atoms with Crippen LogP contribution in [0.5, 0.6) is 0 Å². The molecule has 2 aromatic rings. The van der Waals surface area contributed by atoms with E-state index in [1.807, 2.05) is 29.6 Å². The van der Waals surface area contributed by atoms with Crippen molar-refractivity contribution < 1.29 is 9.53 Å². The number of carbonyl (C=O) groups is 1. The van der Waals surface area contributed by atoms with Gasteiger partial charge >= 0.3 is 5.97 Å². The number of fused-ring (bicyclic) bond motifs is 1. The van der Waals surface area contributed by atoms with Crippen molar-refractivity contribution >= 4 is 39.8 Å². The first kappa shape index (κ1) is 14.0. The third kappa shape index (κ3) is 2.97. The zero-order chi connectivity index (χ0) is 11.5. The van der Waals surface area contributed by atoms with Crippen LogP contribution >= 0.6 is 23.7 Å². The molecule has 3 nitrogen and oxygen atoms in total. The van der Waals surface area contributed by atoms with Gasteiger partial charge in [0.15, 0.2) is 0 Å². The molecule has 1 heterocycles. The zero-order valence-corrected chi connectivity index (χ0v) is 11.0. The van der Waals surface area contributed by atoms with Crippen LogP contribution < -0.4 is 5.73 Å². The van der Waals surface area contributed by atoms with Crippen LogP contribution in [0.2, 0.25) is 0 Å². The highest BCUT2D eigenvalue weighted by Gasteiger charge is 2.15. The molecular formula is C12H14ClNO2S. The Balaban J connectivity index is 0.00000144. The van der Waals surface area contributed by atoms with Gasteiger partial charge in [-0.25, -0.2) is 0 Å². The smallest absolute Gasteiger partial charge is 0.307 e. The number of hydrogen-bond acceptors (Lipinski definition) is 4. The molecule has 0 unspecified atom stereocenters. The van der Waals surface area contributed by atoms with Gasteiger partial charge in [-0.15, -0.1) is 23.7 Å². The Labute approximate surface area is 110 Å². The Bertz CT molecular complexity index is 512. The van der Waals surface area contributed by atoms with Gasteiger partial charge in [-0.05, 0) is 22.4 Å². The highest BCUT2D eigenvalue weighted by Crippen LogP contribution is 2.30. The Kier molecular flexibility index (Phi) is 4.93. The lowest BCUT2D eigenvalue weighted by atomic mass is 10.0. The number of ether oxygens (including phenoxy) is 1. The first-order valence-electron chi connectivity index (χ1n) is 5.01. The fraction of sp³-hybridized carbons (Fsp3) is 0.250. The van der Waals surface area contributed by atoms with Gasteiger partial charge in [-0.1, -0.05) is 18.2 Å². The number of methoxy groups -OCH3 is 1. The van der Waals surface area contributed by atoms with Crippen molar-refractivity contribution in [3.8, 4) is 0 Å². The average molecular weight is 272 g/mol. The van der Waals surface area contributed by atoms with Crippen LogP contribution in [0, 0.1) is 0 Å². The minimum atomic E-state index is -0.288. The fourth-order valence-corrected chi connectivity index (χ4v) is 2.68. The molecule has 0 amide bonds. The van der Waals surface area contributed by atoms with Gasteiger partial charge < -0.3 is 10.5 Å². The Morgan fingerprint density at radius 3 is 2.88 bits per heavy atom. The number of halogens is 1. The highest BCUT2D eigenvalue weighted by molar-refractivity contribution is 7.17. The number of rotatable bonds is 3. The SMILES string of the molecule is COC(=O)C[C@@H](N)c1csc2ccccc12.Cl. The number of esters is 1. The van der Waals surface area contributed by atoms with Gasteiger partial charge in [0.1, 0.15) is 0 Å². The van der Waals surface area contributed by atoms with Crippen molar-refractivity contribution in [2.75, 3.05) is 7.11 Å². The summed E-state index contributed by atoms with van der Waals surface area (Å²) in [6.07, 6.45) is 0.219.